The fourth-order valence-corrected chi connectivity index (χ4v) is 5.76. The molecule has 6 heteroatoms. The van der Waals surface area contributed by atoms with E-state index >= 15 is 0 Å². The molecule has 2 fully saturated rings. The SMILES string of the molecule is CCN1CCC(C(=O)N2CCC3(CCCCc4ccccc4OC[C@@H](C)NC3=O)CC2)CC1. The number of hydrogen-bond acceptors (Lipinski definition) is 4. The molecule has 2 saturated heterocycles. The highest BCUT2D eigenvalue weighted by Gasteiger charge is 2.43. The maximum absolute atomic E-state index is 13.4. The summed E-state index contributed by atoms with van der Waals surface area (Å²) in [7, 11) is 0. The molecule has 1 aromatic rings. The predicted octanol–water partition coefficient (Wildman–Crippen LogP) is 3.64. The van der Waals surface area contributed by atoms with Gasteiger partial charge >= 0.3 is 0 Å². The minimum absolute atomic E-state index is 0.0507. The zero-order valence-corrected chi connectivity index (χ0v) is 20.5. The van der Waals surface area contributed by atoms with Crippen LogP contribution in [0.1, 0.15) is 64.4 Å². The molecule has 0 aromatic heterocycles. The smallest absolute Gasteiger partial charge is 0.226 e. The molecule has 1 aromatic carbocycles. The quantitative estimate of drug-likeness (QED) is 0.740. The van der Waals surface area contributed by atoms with Crippen LogP contribution in [0.5, 0.6) is 5.75 Å². The van der Waals surface area contributed by atoms with Crippen LogP contribution in [0.15, 0.2) is 24.3 Å². The molecular formula is C27H41N3O3. The lowest BCUT2D eigenvalue weighted by Crippen LogP contribution is -2.53. The zero-order chi connectivity index (χ0) is 23.3. The van der Waals surface area contributed by atoms with Crippen molar-refractivity contribution in [3.63, 3.8) is 0 Å². The lowest BCUT2D eigenvalue weighted by molar-refractivity contribution is -0.145. The van der Waals surface area contributed by atoms with Crippen molar-refractivity contribution < 1.29 is 14.3 Å². The molecule has 1 atom stereocenters. The summed E-state index contributed by atoms with van der Waals surface area (Å²) in [4.78, 5) is 31.1. The third-order valence-electron chi connectivity index (χ3n) is 8.09. The topological polar surface area (TPSA) is 61.9 Å². The average Bonchev–Trinajstić information content (AvgIpc) is 2.85. The normalized spacial score (nSPS) is 25.3. The third kappa shape index (κ3) is 5.71. The second-order valence-corrected chi connectivity index (χ2v) is 10.3. The van der Waals surface area contributed by atoms with Gasteiger partial charge in [-0.25, -0.2) is 0 Å². The van der Waals surface area contributed by atoms with Gasteiger partial charge in [-0.1, -0.05) is 31.5 Å². The van der Waals surface area contributed by atoms with Crippen molar-refractivity contribution >= 4 is 11.8 Å². The molecule has 4 rings (SSSR count). The maximum atomic E-state index is 13.4. The van der Waals surface area contributed by atoms with E-state index in [-0.39, 0.29) is 23.3 Å². The summed E-state index contributed by atoms with van der Waals surface area (Å²) in [5, 5.41) is 3.23. The van der Waals surface area contributed by atoms with E-state index in [4.69, 9.17) is 4.74 Å². The van der Waals surface area contributed by atoms with Crippen LogP contribution in [0, 0.1) is 11.3 Å². The zero-order valence-electron chi connectivity index (χ0n) is 20.5. The fourth-order valence-electron chi connectivity index (χ4n) is 5.76. The molecule has 0 unspecified atom stereocenters. The summed E-state index contributed by atoms with van der Waals surface area (Å²) >= 11 is 0. The van der Waals surface area contributed by atoms with Gasteiger partial charge in [0.2, 0.25) is 11.8 Å². The van der Waals surface area contributed by atoms with Crippen molar-refractivity contribution in [1.29, 1.82) is 0 Å². The van der Waals surface area contributed by atoms with Gasteiger partial charge in [-0.15, -0.1) is 0 Å². The molecular weight excluding hydrogens is 414 g/mol. The molecule has 2 amide bonds. The number of likely N-dealkylation sites (tertiary alicyclic amines) is 2. The molecule has 0 aliphatic carbocycles. The number of hydrogen-bond donors (Lipinski definition) is 1. The van der Waals surface area contributed by atoms with Gasteiger partial charge in [0.25, 0.3) is 0 Å². The van der Waals surface area contributed by atoms with E-state index in [1.54, 1.807) is 0 Å². The fraction of sp³-hybridized carbons (Fsp3) is 0.704. The number of para-hydroxylation sites is 1. The molecule has 1 N–H and O–H groups in total. The Morgan fingerprint density at radius 3 is 2.55 bits per heavy atom. The summed E-state index contributed by atoms with van der Waals surface area (Å²) in [5.41, 5.74) is 0.884. The van der Waals surface area contributed by atoms with E-state index in [0.29, 0.717) is 25.6 Å². The summed E-state index contributed by atoms with van der Waals surface area (Å²) in [5.74, 6) is 1.55. The monoisotopic (exact) mass is 455 g/mol. The number of amides is 2. The first-order valence-corrected chi connectivity index (χ1v) is 13.0. The third-order valence-corrected chi connectivity index (χ3v) is 8.09. The average molecular weight is 456 g/mol. The van der Waals surface area contributed by atoms with Gasteiger partial charge in [0.1, 0.15) is 12.4 Å². The number of benzene rings is 1. The van der Waals surface area contributed by atoms with Crippen LogP contribution in [0.2, 0.25) is 0 Å². The number of rotatable bonds is 2. The van der Waals surface area contributed by atoms with Gasteiger partial charge in [0, 0.05) is 19.0 Å². The summed E-state index contributed by atoms with van der Waals surface area (Å²) in [6.07, 6.45) is 7.39. The Hall–Kier alpha value is -2.08. The van der Waals surface area contributed by atoms with Crippen LogP contribution in [-0.4, -0.2) is 67.0 Å². The molecule has 182 valence electrons. The number of nitrogens with one attached hydrogen (secondary N) is 1. The van der Waals surface area contributed by atoms with Crippen LogP contribution in [0.4, 0.5) is 0 Å². The maximum Gasteiger partial charge on any atom is 0.226 e. The van der Waals surface area contributed by atoms with Gasteiger partial charge in [0.15, 0.2) is 0 Å². The van der Waals surface area contributed by atoms with Crippen LogP contribution in [0.3, 0.4) is 0 Å². The molecule has 1 spiro atoms. The van der Waals surface area contributed by atoms with Gasteiger partial charge < -0.3 is 19.9 Å². The Kier molecular flexibility index (Phi) is 7.94. The lowest BCUT2D eigenvalue weighted by Gasteiger charge is -2.43. The van der Waals surface area contributed by atoms with Gasteiger partial charge in [-0.05, 0) is 83.1 Å². The molecule has 3 heterocycles. The van der Waals surface area contributed by atoms with Crippen molar-refractivity contribution in [1.82, 2.24) is 15.1 Å². The van der Waals surface area contributed by atoms with Crippen molar-refractivity contribution in [2.75, 3.05) is 39.3 Å². The first-order valence-electron chi connectivity index (χ1n) is 13.0. The molecule has 0 bridgehead atoms. The van der Waals surface area contributed by atoms with E-state index in [1.807, 2.05) is 24.0 Å². The van der Waals surface area contributed by atoms with E-state index in [2.05, 4.69) is 29.3 Å². The highest BCUT2D eigenvalue weighted by molar-refractivity contribution is 5.84. The van der Waals surface area contributed by atoms with E-state index in [9.17, 15) is 9.59 Å². The molecule has 3 aliphatic heterocycles. The Morgan fingerprint density at radius 2 is 1.82 bits per heavy atom. The van der Waals surface area contributed by atoms with E-state index in [0.717, 1.165) is 76.8 Å². The highest BCUT2D eigenvalue weighted by Crippen LogP contribution is 2.38. The summed E-state index contributed by atoms with van der Waals surface area (Å²) in [6.45, 7) is 9.19. The number of carbonyl (C=O) groups excluding carboxylic acids is 2. The largest absolute Gasteiger partial charge is 0.491 e. The van der Waals surface area contributed by atoms with Gasteiger partial charge in [-0.2, -0.15) is 0 Å². The van der Waals surface area contributed by atoms with Crippen LogP contribution < -0.4 is 10.1 Å². The van der Waals surface area contributed by atoms with Crippen molar-refractivity contribution in [3.8, 4) is 5.75 Å². The standard InChI is InChI=1S/C27H41N3O3/c1-3-29-16-11-23(12-17-29)25(31)30-18-14-27(15-19-30)13-7-6-9-22-8-4-5-10-24(22)33-20-21(2)28-26(27)32/h4-5,8,10,21,23H,3,6-7,9,11-20H2,1-2H3,(H,28,32)/t21-/m1/s1. The second-order valence-electron chi connectivity index (χ2n) is 10.3. The van der Waals surface area contributed by atoms with E-state index < -0.39 is 0 Å². The minimum Gasteiger partial charge on any atom is -0.491 e. The second kappa shape index (κ2) is 10.9. The van der Waals surface area contributed by atoms with Gasteiger partial charge in [0.05, 0.1) is 11.5 Å². The van der Waals surface area contributed by atoms with Crippen LogP contribution >= 0.6 is 0 Å². The predicted molar refractivity (Wildman–Crippen MR) is 130 cm³/mol. The minimum atomic E-state index is -0.366. The molecule has 6 nitrogen and oxygen atoms in total. The number of fused-ring (bicyclic) bond motifs is 1. The Balaban J connectivity index is 1.38. The summed E-state index contributed by atoms with van der Waals surface area (Å²) < 4.78 is 6.06. The lowest BCUT2D eigenvalue weighted by atomic mass is 9.73. The number of ether oxygens (including phenoxy) is 1. The van der Waals surface area contributed by atoms with Gasteiger partial charge in [-0.3, -0.25) is 9.59 Å². The van der Waals surface area contributed by atoms with Crippen molar-refractivity contribution in [2.45, 2.75) is 71.3 Å². The molecule has 0 radical (unpaired) electrons. The number of aryl methyl sites for hydroxylation is 1. The number of piperidine rings is 2. The van der Waals surface area contributed by atoms with Crippen molar-refractivity contribution in [2.24, 2.45) is 11.3 Å². The van der Waals surface area contributed by atoms with Crippen LogP contribution in [-0.2, 0) is 16.0 Å². The first kappa shape index (κ1) is 24.1. The number of carbonyl (C=O) groups is 2. The first-order chi connectivity index (χ1) is 16.0. The molecule has 3 aliphatic rings. The highest BCUT2D eigenvalue weighted by atomic mass is 16.5. The Labute approximate surface area is 199 Å². The molecule has 0 saturated carbocycles. The summed E-state index contributed by atoms with van der Waals surface area (Å²) in [6, 6.07) is 8.20. The Morgan fingerprint density at radius 1 is 1.09 bits per heavy atom. The Bertz CT molecular complexity index is 811. The molecule has 33 heavy (non-hydrogen) atoms. The van der Waals surface area contributed by atoms with Crippen molar-refractivity contribution in [3.05, 3.63) is 29.8 Å². The number of nitrogens with zero attached hydrogens (tertiary/aromatic N) is 2. The van der Waals surface area contributed by atoms with E-state index in [1.165, 1.54) is 5.56 Å². The van der Waals surface area contributed by atoms with Crippen LogP contribution in [0.25, 0.3) is 0 Å².